The van der Waals surface area contributed by atoms with Crippen LogP contribution in [0.5, 0.6) is 0 Å². The molecule has 25 heavy (non-hydrogen) atoms. The van der Waals surface area contributed by atoms with Crippen molar-refractivity contribution >= 4 is 51.0 Å². The zero-order chi connectivity index (χ0) is 18.1. The average molecular weight is 457 g/mol. The highest BCUT2D eigenvalue weighted by Crippen LogP contribution is 2.28. The summed E-state index contributed by atoms with van der Waals surface area (Å²) in [6, 6.07) is 6.02. The van der Waals surface area contributed by atoms with E-state index in [4.69, 9.17) is 4.42 Å². The second-order valence-electron chi connectivity index (χ2n) is 5.14. The molecule has 7 nitrogen and oxygen atoms in total. The van der Waals surface area contributed by atoms with Gasteiger partial charge in [-0.25, -0.2) is 9.87 Å². The minimum Gasteiger partial charge on any atom is -0.463 e. The highest BCUT2D eigenvalue weighted by atomic mass is 127. The predicted octanol–water partition coefficient (Wildman–Crippen LogP) is 2.91. The topological polar surface area (TPSA) is 85.5 Å². The number of fused-ring (bicyclic) bond motifs is 1. The molecule has 0 unspecified atom stereocenters. The first-order chi connectivity index (χ1) is 11.9. The van der Waals surface area contributed by atoms with Crippen LogP contribution in [0.4, 0.5) is 15.9 Å². The maximum atomic E-state index is 14.2. The van der Waals surface area contributed by atoms with Gasteiger partial charge in [0.1, 0.15) is 17.2 Å². The molecule has 0 bridgehead atoms. The molecule has 0 fully saturated rings. The number of carbonyl (C=O) groups is 1. The summed E-state index contributed by atoms with van der Waals surface area (Å²) in [4.78, 5) is 29.6. The van der Waals surface area contributed by atoms with Crippen molar-refractivity contribution in [2.75, 3.05) is 12.4 Å². The van der Waals surface area contributed by atoms with Crippen molar-refractivity contribution in [3.8, 4) is 0 Å². The Morgan fingerprint density at radius 2 is 2.12 bits per heavy atom. The average Bonchev–Trinajstić information content (AvgIpc) is 3.04. The molecule has 0 saturated carbocycles. The second-order valence-corrected chi connectivity index (χ2v) is 6.38. The molecule has 3 rings (SSSR count). The molecule has 0 atom stereocenters. The fourth-order valence-electron chi connectivity index (χ4n) is 2.45. The maximum absolute atomic E-state index is 14.2. The molecule has 0 aliphatic rings. The SMILES string of the molecule is CONC(=O)c1c(Nc2ccc(I)cc2F)n(C)c(=O)c2ccoc12. The predicted molar refractivity (Wildman–Crippen MR) is 98.3 cm³/mol. The number of pyridine rings is 1. The number of hydroxylamine groups is 1. The van der Waals surface area contributed by atoms with Gasteiger partial charge in [-0.1, -0.05) is 0 Å². The number of nitrogens with zero attached hydrogens (tertiary/aromatic N) is 1. The lowest BCUT2D eigenvalue weighted by Gasteiger charge is -2.16. The van der Waals surface area contributed by atoms with Gasteiger partial charge in [-0.15, -0.1) is 0 Å². The molecule has 130 valence electrons. The Kier molecular flexibility index (Phi) is 4.77. The van der Waals surface area contributed by atoms with Gasteiger partial charge in [0.25, 0.3) is 11.5 Å². The van der Waals surface area contributed by atoms with E-state index in [1.807, 2.05) is 22.6 Å². The van der Waals surface area contributed by atoms with Crippen LogP contribution in [0, 0.1) is 9.39 Å². The minimum atomic E-state index is -0.633. The van der Waals surface area contributed by atoms with Gasteiger partial charge in [0.15, 0.2) is 5.58 Å². The normalized spacial score (nSPS) is 10.9. The first kappa shape index (κ1) is 17.4. The Morgan fingerprint density at radius 1 is 1.36 bits per heavy atom. The molecule has 2 heterocycles. The molecule has 0 saturated heterocycles. The van der Waals surface area contributed by atoms with Crippen LogP contribution in [0.1, 0.15) is 10.4 Å². The number of aromatic nitrogens is 1. The molecule has 1 aromatic carbocycles. The number of halogens is 2. The van der Waals surface area contributed by atoms with Gasteiger partial charge in [0.05, 0.1) is 24.4 Å². The summed E-state index contributed by atoms with van der Waals surface area (Å²) in [6.07, 6.45) is 1.31. The van der Waals surface area contributed by atoms with E-state index in [-0.39, 0.29) is 33.6 Å². The third kappa shape index (κ3) is 3.12. The van der Waals surface area contributed by atoms with Crippen LogP contribution in [-0.4, -0.2) is 17.6 Å². The highest BCUT2D eigenvalue weighted by molar-refractivity contribution is 14.1. The fourth-order valence-corrected chi connectivity index (χ4v) is 2.90. The van der Waals surface area contributed by atoms with Crippen molar-refractivity contribution in [2.45, 2.75) is 0 Å². The van der Waals surface area contributed by atoms with E-state index in [2.05, 4.69) is 15.6 Å². The molecule has 0 spiro atoms. The Bertz CT molecular complexity index is 1030. The molecule has 0 aliphatic carbocycles. The Morgan fingerprint density at radius 3 is 2.80 bits per heavy atom. The quantitative estimate of drug-likeness (QED) is 0.465. The van der Waals surface area contributed by atoms with Crippen LogP contribution >= 0.6 is 22.6 Å². The zero-order valence-corrected chi connectivity index (χ0v) is 15.4. The number of furan rings is 1. The van der Waals surface area contributed by atoms with Crippen LogP contribution < -0.4 is 16.4 Å². The molecule has 9 heteroatoms. The summed E-state index contributed by atoms with van der Waals surface area (Å²) in [6.45, 7) is 0. The summed E-state index contributed by atoms with van der Waals surface area (Å²) >= 11 is 1.99. The Balaban J connectivity index is 2.25. The number of anilines is 2. The van der Waals surface area contributed by atoms with E-state index in [1.54, 1.807) is 6.07 Å². The standard InChI is InChI=1S/C16H13FIN3O4/c1-21-14(19-11-4-3-8(18)7-10(11)17)12(15(22)20-24-2)13-9(16(21)23)5-6-25-13/h3-7,19H,1-2H3,(H,20,22). The van der Waals surface area contributed by atoms with E-state index in [0.717, 1.165) is 0 Å². The molecule has 0 aliphatic heterocycles. The van der Waals surface area contributed by atoms with E-state index in [9.17, 15) is 14.0 Å². The molecule has 0 radical (unpaired) electrons. The van der Waals surface area contributed by atoms with Gasteiger partial charge < -0.3 is 9.73 Å². The van der Waals surface area contributed by atoms with Crippen molar-refractivity contribution in [2.24, 2.45) is 7.05 Å². The molecule has 1 amide bonds. The maximum Gasteiger partial charge on any atom is 0.282 e. The number of carbonyl (C=O) groups excluding carboxylic acids is 1. The first-order valence-electron chi connectivity index (χ1n) is 7.09. The summed E-state index contributed by atoms with van der Waals surface area (Å²) in [5.41, 5.74) is 2.04. The van der Waals surface area contributed by atoms with Gasteiger partial charge in [0, 0.05) is 10.6 Å². The molecular formula is C16H13FIN3O4. The number of benzene rings is 1. The summed E-state index contributed by atoms with van der Waals surface area (Å²) in [7, 11) is 2.76. The lowest BCUT2D eigenvalue weighted by molar-refractivity contribution is 0.0538. The summed E-state index contributed by atoms with van der Waals surface area (Å²) in [5.74, 6) is -1.06. The lowest BCUT2D eigenvalue weighted by atomic mass is 10.1. The summed E-state index contributed by atoms with van der Waals surface area (Å²) < 4.78 is 21.5. The third-order valence-electron chi connectivity index (χ3n) is 3.61. The van der Waals surface area contributed by atoms with Gasteiger partial charge >= 0.3 is 0 Å². The fraction of sp³-hybridized carbons (Fsp3) is 0.125. The number of rotatable bonds is 4. The van der Waals surface area contributed by atoms with Crippen LogP contribution in [0.25, 0.3) is 11.0 Å². The molecule has 3 aromatic rings. The highest BCUT2D eigenvalue weighted by Gasteiger charge is 2.24. The van der Waals surface area contributed by atoms with Crippen molar-refractivity contribution < 1.29 is 18.4 Å². The minimum absolute atomic E-state index is 0.0295. The van der Waals surface area contributed by atoms with Crippen molar-refractivity contribution in [1.29, 1.82) is 0 Å². The summed E-state index contributed by atoms with van der Waals surface area (Å²) in [5, 5.41) is 3.04. The van der Waals surface area contributed by atoms with E-state index >= 15 is 0 Å². The number of nitrogens with one attached hydrogen (secondary N) is 2. The van der Waals surface area contributed by atoms with Gasteiger partial charge in [0.2, 0.25) is 0 Å². The Labute approximate surface area is 154 Å². The van der Waals surface area contributed by atoms with Gasteiger partial charge in [-0.3, -0.25) is 19.0 Å². The third-order valence-corrected chi connectivity index (χ3v) is 4.28. The number of hydrogen-bond acceptors (Lipinski definition) is 5. The zero-order valence-electron chi connectivity index (χ0n) is 13.2. The van der Waals surface area contributed by atoms with Crippen LogP contribution in [-0.2, 0) is 11.9 Å². The second kappa shape index (κ2) is 6.84. The lowest BCUT2D eigenvalue weighted by Crippen LogP contribution is -2.28. The molecule has 2 N–H and O–H groups in total. The van der Waals surface area contributed by atoms with E-state index in [0.29, 0.717) is 3.57 Å². The monoisotopic (exact) mass is 457 g/mol. The van der Waals surface area contributed by atoms with Crippen molar-refractivity contribution in [1.82, 2.24) is 10.0 Å². The van der Waals surface area contributed by atoms with E-state index in [1.165, 1.54) is 43.2 Å². The number of amides is 1. The molecular weight excluding hydrogens is 444 g/mol. The van der Waals surface area contributed by atoms with Crippen molar-refractivity contribution in [3.63, 3.8) is 0 Å². The van der Waals surface area contributed by atoms with E-state index < -0.39 is 11.7 Å². The van der Waals surface area contributed by atoms with Gasteiger partial charge in [-0.2, -0.15) is 0 Å². The smallest absolute Gasteiger partial charge is 0.282 e. The van der Waals surface area contributed by atoms with Crippen LogP contribution in [0.2, 0.25) is 0 Å². The van der Waals surface area contributed by atoms with Crippen LogP contribution in [0.15, 0.2) is 39.7 Å². The number of hydrogen-bond donors (Lipinski definition) is 2. The van der Waals surface area contributed by atoms with Gasteiger partial charge in [-0.05, 0) is 46.9 Å². The molecule has 2 aromatic heterocycles. The van der Waals surface area contributed by atoms with Crippen LogP contribution in [0.3, 0.4) is 0 Å². The first-order valence-corrected chi connectivity index (χ1v) is 8.17. The Hall–Kier alpha value is -2.40. The van der Waals surface area contributed by atoms with Crippen molar-refractivity contribution in [3.05, 3.63) is 55.8 Å². The largest absolute Gasteiger partial charge is 0.463 e.